The van der Waals surface area contributed by atoms with Crippen molar-refractivity contribution in [2.75, 3.05) is 13.7 Å². The molecular formula is C18H21FN4O2. The van der Waals surface area contributed by atoms with Crippen LogP contribution in [0.25, 0.3) is 10.9 Å². The Kier molecular flexibility index (Phi) is 4.85. The lowest BCUT2D eigenvalue weighted by molar-refractivity contribution is -0.121. The molecule has 0 bridgehead atoms. The van der Waals surface area contributed by atoms with Gasteiger partial charge in [0.25, 0.3) is 0 Å². The number of hydrogen-bond acceptors (Lipinski definition) is 3. The smallest absolute Gasteiger partial charge is 0.225 e. The maximum absolute atomic E-state index is 13.9. The highest BCUT2D eigenvalue weighted by Gasteiger charge is 2.20. The Balaban J connectivity index is 1.81. The molecule has 0 fully saturated rings. The minimum Gasteiger partial charge on any atom is -0.382 e. The molecular weight excluding hydrogens is 323 g/mol. The second-order valence-corrected chi connectivity index (χ2v) is 6.02. The Bertz CT molecular complexity index is 900. The Morgan fingerprint density at radius 1 is 1.44 bits per heavy atom. The lowest BCUT2D eigenvalue weighted by atomic mass is 10.1. The number of aromatic amines is 1. The molecule has 25 heavy (non-hydrogen) atoms. The molecule has 7 heteroatoms. The fraction of sp³-hybridized carbons (Fsp3) is 0.333. The van der Waals surface area contributed by atoms with Crippen LogP contribution in [0.3, 0.4) is 0 Å². The van der Waals surface area contributed by atoms with Gasteiger partial charge in [0.05, 0.1) is 30.3 Å². The summed E-state index contributed by atoms with van der Waals surface area (Å²) in [6, 6.07) is 6.41. The van der Waals surface area contributed by atoms with Gasteiger partial charge >= 0.3 is 0 Å². The van der Waals surface area contributed by atoms with Crippen LogP contribution in [0.1, 0.15) is 23.0 Å². The molecule has 0 radical (unpaired) electrons. The minimum absolute atomic E-state index is 0.156. The molecule has 0 aliphatic heterocycles. The molecule has 1 atom stereocenters. The zero-order valence-corrected chi connectivity index (χ0v) is 14.5. The Hall–Kier alpha value is -2.67. The van der Waals surface area contributed by atoms with E-state index in [1.54, 1.807) is 24.1 Å². The van der Waals surface area contributed by atoms with Crippen LogP contribution in [0.15, 0.2) is 30.5 Å². The minimum atomic E-state index is -0.320. The third kappa shape index (κ3) is 3.41. The van der Waals surface area contributed by atoms with E-state index in [0.29, 0.717) is 12.1 Å². The van der Waals surface area contributed by atoms with Crippen molar-refractivity contribution in [2.24, 2.45) is 7.05 Å². The number of carbonyl (C=O) groups excluding carboxylic acids is 1. The highest BCUT2D eigenvalue weighted by atomic mass is 19.1. The number of ether oxygens (including phenoxy) is 1. The van der Waals surface area contributed by atoms with Crippen LogP contribution >= 0.6 is 0 Å². The molecule has 2 heterocycles. The number of H-pyrrole nitrogens is 1. The zero-order valence-electron chi connectivity index (χ0n) is 14.5. The summed E-state index contributed by atoms with van der Waals surface area (Å²) in [7, 11) is 3.40. The quantitative estimate of drug-likeness (QED) is 0.721. The molecule has 0 saturated carbocycles. The van der Waals surface area contributed by atoms with Crippen LogP contribution in [0.2, 0.25) is 0 Å². The zero-order chi connectivity index (χ0) is 18.0. The van der Waals surface area contributed by atoms with E-state index in [1.807, 2.05) is 26.1 Å². The number of fused-ring (bicyclic) bond motifs is 1. The molecule has 0 aliphatic carbocycles. The first-order chi connectivity index (χ1) is 12.0. The third-order valence-electron chi connectivity index (χ3n) is 4.33. The van der Waals surface area contributed by atoms with Gasteiger partial charge in [0.15, 0.2) is 0 Å². The van der Waals surface area contributed by atoms with Crippen molar-refractivity contribution in [3.63, 3.8) is 0 Å². The van der Waals surface area contributed by atoms with Gasteiger partial charge in [-0.15, -0.1) is 0 Å². The predicted molar refractivity (Wildman–Crippen MR) is 92.7 cm³/mol. The molecule has 0 saturated heterocycles. The van der Waals surface area contributed by atoms with E-state index in [4.69, 9.17) is 4.74 Å². The van der Waals surface area contributed by atoms with E-state index < -0.39 is 0 Å². The molecule has 6 nitrogen and oxygen atoms in total. The van der Waals surface area contributed by atoms with Crippen LogP contribution in [0, 0.1) is 12.7 Å². The number of rotatable bonds is 6. The van der Waals surface area contributed by atoms with Gasteiger partial charge in [-0.05, 0) is 24.6 Å². The van der Waals surface area contributed by atoms with E-state index in [9.17, 15) is 9.18 Å². The van der Waals surface area contributed by atoms with E-state index in [-0.39, 0.29) is 24.2 Å². The van der Waals surface area contributed by atoms with Gasteiger partial charge < -0.3 is 15.0 Å². The van der Waals surface area contributed by atoms with E-state index in [0.717, 1.165) is 22.3 Å². The van der Waals surface area contributed by atoms with Gasteiger partial charge in [-0.2, -0.15) is 5.10 Å². The van der Waals surface area contributed by atoms with Gasteiger partial charge in [0.1, 0.15) is 5.82 Å². The summed E-state index contributed by atoms with van der Waals surface area (Å²) in [5, 5.41) is 7.84. The number of amides is 1. The monoisotopic (exact) mass is 344 g/mol. The summed E-state index contributed by atoms with van der Waals surface area (Å²) >= 11 is 0. The number of nitrogens with one attached hydrogen (secondary N) is 2. The lowest BCUT2D eigenvalue weighted by Gasteiger charge is -2.18. The highest BCUT2D eigenvalue weighted by molar-refractivity contribution is 5.90. The molecule has 1 aromatic carbocycles. The molecule has 1 amide bonds. The Morgan fingerprint density at radius 2 is 2.24 bits per heavy atom. The molecule has 132 valence electrons. The fourth-order valence-corrected chi connectivity index (χ4v) is 3.09. The van der Waals surface area contributed by atoms with Gasteiger partial charge in [-0.3, -0.25) is 9.48 Å². The van der Waals surface area contributed by atoms with Crippen LogP contribution in [-0.2, 0) is 23.0 Å². The first-order valence-corrected chi connectivity index (χ1v) is 8.03. The summed E-state index contributed by atoms with van der Waals surface area (Å²) < 4.78 is 20.8. The number of benzene rings is 1. The maximum atomic E-state index is 13.9. The van der Waals surface area contributed by atoms with Crippen molar-refractivity contribution >= 4 is 16.8 Å². The van der Waals surface area contributed by atoms with E-state index in [2.05, 4.69) is 15.4 Å². The molecule has 0 aliphatic rings. The standard InChI is InChI=1S/C18H21FN4O2/c1-11-13(12-5-4-6-14(19)18(12)21-11)9-17(24)22-15(10-25-3)16-7-8-20-23(16)2/h4-8,15,21H,9-10H2,1-3H3,(H,22,24). The van der Waals surface area contributed by atoms with Crippen molar-refractivity contribution in [1.82, 2.24) is 20.1 Å². The summed E-state index contributed by atoms with van der Waals surface area (Å²) in [6.07, 6.45) is 1.84. The van der Waals surface area contributed by atoms with Crippen LogP contribution in [0.5, 0.6) is 0 Å². The molecule has 1 unspecified atom stereocenters. The normalized spacial score (nSPS) is 12.5. The molecule has 3 aromatic rings. The lowest BCUT2D eigenvalue weighted by Crippen LogP contribution is -2.33. The third-order valence-corrected chi connectivity index (χ3v) is 4.33. The van der Waals surface area contributed by atoms with Crippen molar-refractivity contribution in [3.8, 4) is 0 Å². The van der Waals surface area contributed by atoms with Gasteiger partial charge in [-0.25, -0.2) is 4.39 Å². The van der Waals surface area contributed by atoms with Crippen molar-refractivity contribution in [2.45, 2.75) is 19.4 Å². The first kappa shape index (κ1) is 17.2. The van der Waals surface area contributed by atoms with Crippen LogP contribution in [0.4, 0.5) is 4.39 Å². The fourth-order valence-electron chi connectivity index (χ4n) is 3.09. The summed E-state index contributed by atoms with van der Waals surface area (Å²) in [5.74, 6) is -0.476. The first-order valence-electron chi connectivity index (χ1n) is 8.03. The van der Waals surface area contributed by atoms with Crippen LogP contribution < -0.4 is 5.32 Å². The second-order valence-electron chi connectivity index (χ2n) is 6.02. The topological polar surface area (TPSA) is 71.9 Å². The number of aromatic nitrogens is 3. The number of aryl methyl sites for hydroxylation is 2. The number of hydrogen-bond donors (Lipinski definition) is 2. The SMILES string of the molecule is COCC(NC(=O)Cc1c(C)[nH]c2c(F)cccc12)c1ccnn1C. The molecule has 2 aromatic heterocycles. The molecule has 3 rings (SSSR count). The maximum Gasteiger partial charge on any atom is 0.225 e. The summed E-state index contributed by atoms with van der Waals surface area (Å²) in [5.41, 5.74) is 2.88. The number of para-hydroxylation sites is 1. The van der Waals surface area contributed by atoms with Gasteiger partial charge in [0.2, 0.25) is 5.91 Å². The average Bonchev–Trinajstić information content (AvgIpc) is 3.12. The van der Waals surface area contributed by atoms with Crippen molar-refractivity contribution in [1.29, 1.82) is 0 Å². The Morgan fingerprint density at radius 3 is 2.92 bits per heavy atom. The highest BCUT2D eigenvalue weighted by Crippen LogP contribution is 2.25. The van der Waals surface area contributed by atoms with Gasteiger partial charge in [0, 0.05) is 31.4 Å². The Labute approximate surface area is 145 Å². The predicted octanol–water partition coefficient (Wildman–Crippen LogP) is 2.40. The van der Waals surface area contributed by atoms with Crippen molar-refractivity contribution in [3.05, 3.63) is 53.2 Å². The summed E-state index contributed by atoms with van der Waals surface area (Å²) in [6.45, 7) is 2.18. The van der Waals surface area contributed by atoms with E-state index >= 15 is 0 Å². The molecule has 2 N–H and O–H groups in total. The van der Waals surface area contributed by atoms with Crippen molar-refractivity contribution < 1.29 is 13.9 Å². The second kappa shape index (κ2) is 7.06. The number of nitrogens with zero attached hydrogens (tertiary/aromatic N) is 2. The summed E-state index contributed by atoms with van der Waals surface area (Å²) in [4.78, 5) is 15.6. The van der Waals surface area contributed by atoms with Crippen LogP contribution in [-0.4, -0.2) is 34.4 Å². The van der Waals surface area contributed by atoms with E-state index in [1.165, 1.54) is 6.07 Å². The number of carbonyl (C=O) groups is 1. The number of methoxy groups -OCH3 is 1. The molecule has 0 spiro atoms. The largest absolute Gasteiger partial charge is 0.382 e. The average molecular weight is 344 g/mol. The number of halogens is 1. The van der Waals surface area contributed by atoms with Gasteiger partial charge in [-0.1, -0.05) is 12.1 Å².